The van der Waals surface area contributed by atoms with Crippen molar-refractivity contribution in [3.63, 3.8) is 0 Å². The number of hydrogen-bond donors (Lipinski definition) is 2. The van der Waals surface area contributed by atoms with Crippen molar-refractivity contribution in [1.29, 1.82) is 0 Å². The van der Waals surface area contributed by atoms with Gasteiger partial charge >= 0.3 is 11.9 Å². The van der Waals surface area contributed by atoms with Gasteiger partial charge in [-0.2, -0.15) is 8.75 Å². The molecule has 8 heteroatoms. The lowest BCUT2D eigenvalue weighted by molar-refractivity contribution is -0.147. The van der Waals surface area contributed by atoms with Crippen LogP contribution in [0.2, 0.25) is 5.02 Å². The highest BCUT2D eigenvalue weighted by Gasteiger charge is 2.36. The summed E-state index contributed by atoms with van der Waals surface area (Å²) < 4.78 is 8.15. The highest BCUT2D eigenvalue weighted by Crippen LogP contribution is 2.35. The van der Waals surface area contributed by atoms with Crippen LogP contribution in [0.5, 0.6) is 0 Å². The Morgan fingerprint density at radius 3 is 2.04 bits per heavy atom. The molecule has 3 rings (SSSR count). The van der Waals surface area contributed by atoms with Gasteiger partial charge in [0.1, 0.15) is 11.0 Å². The number of benzene rings is 2. The topological polar surface area (TPSA) is 100 Å². The van der Waals surface area contributed by atoms with Gasteiger partial charge in [-0.25, -0.2) is 0 Å². The minimum Gasteiger partial charge on any atom is -0.481 e. The summed E-state index contributed by atoms with van der Waals surface area (Å²) in [5.74, 6) is -4.94. The van der Waals surface area contributed by atoms with Crippen LogP contribution >= 0.6 is 23.3 Å². The van der Waals surface area contributed by atoms with Crippen molar-refractivity contribution in [3.05, 3.63) is 58.6 Å². The summed E-state index contributed by atoms with van der Waals surface area (Å²) >= 11 is 6.85. The predicted molar refractivity (Wildman–Crippen MR) is 89.6 cm³/mol. The van der Waals surface area contributed by atoms with Crippen LogP contribution in [0, 0.1) is 0 Å². The molecule has 0 bridgehead atoms. The van der Waals surface area contributed by atoms with E-state index in [0.717, 1.165) is 11.7 Å². The molecule has 0 saturated carbocycles. The first kappa shape index (κ1) is 16.4. The summed E-state index contributed by atoms with van der Waals surface area (Å²) in [5.41, 5.74) is 1.93. The lowest BCUT2D eigenvalue weighted by Gasteiger charge is -2.21. The van der Waals surface area contributed by atoms with Crippen molar-refractivity contribution in [3.8, 4) is 0 Å². The molecule has 24 heavy (non-hydrogen) atoms. The fourth-order valence-electron chi connectivity index (χ4n) is 2.62. The molecule has 0 aliphatic carbocycles. The molecule has 1 aromatic heterocycles. The van der Waals surface area contributed by atoms with Crippen molar-refractivity contribution in [2.24, 2.45) is 0 Å². The van der Waals surface area contributed by atoms with E-state index in [9.17, 15) is 19.8 Å². The van der Waals surface area contributed by atoms with Gasteiger partial charge in [-0.1, -0.05) is 29.8 Å². The van der Waals surface area contributed by atoms with Gasteiger partial charge < -0.3 is 10.2 Å². The molecule has 2 unspecified atom stereocenters. The molecule has 0 spiro atoms. The number of nitrogens with zero attached hydrogens (tertiary/aromatic N) is 2. The van der Waals surface area contributed by atoms with Crippen molar-refractivity contribution < 1.29 is 19.8 Å². The van der Waals surface area contributed by atoms with Gasteiger partial charge in [0.15, 0.2) is 0 Å². The monoisotopic (exact) mass is 362 g/mol. The van der Waals surface area contributed by atoms with E-state index < -0.39 is 23.8 Å². The SMILES string of the molecule is O=C(O)C(c1ccc(Cl)cc1)C(C(=O)O)c1ccc2nsnc2c1. The Labute approximate surface area is 145 Å². The van der Waals surface area contributed by atoms with Crippen molar-refractivity contribution in [2.75, 3.05) is 0 Å². The van der Waals surface area contributed by atoms with E-state index in [-0.39, 0.29) is 0 Å². The number of carboxylic acid groups (broad SMARTS) is 2. The van der Waals surface area contributed by atoms with Crippen LogP contribution in [0.1, 0.15) is 23.0 Å². The van der Waals surface area contributed by atoms with E-state index in [4.69, 9.17) is 11.6 Å². The Morgan fingerprint density at radius 2 is 1.42 bits per heavy atom. The molecule has 0 radical (unpaired) electrons. The fourth-order valence-corrected chi connectivity index (χ4v) is 3.26. The number of carboxylic acids is 2. The number of hydrogen-bond acceptors (Lipinski definition) is 5. The molecule has 2 aromatic carbocycles. The lowest BCUT2D eigenvalue weighted by atomic mass is 9.81. The standard InChI is InChI=1S/C16H11ClN2O4S/c17-10-4-1-8(2-5-10)13(15(20)21)14(16(22)23)9-3-6-11-12(7-9)19-24-18-11/h1-7,13-14H,(H,20,21)(H,22,23). The molecule has 1 heterocycles. The fraction of sp³-hybridized carbons (Fsp3) is 0.125. The number of aromatic nitrogens is 2. The predicted octanol–water partition coefficient (Wildman–Crippen LogP) is 3.38. The summed E-state index contributed by atoms with van der Waals surface area (Å²) in [5, 5.41) is 19.7. The smallest absolute Gasteiger partial charge is 0.312 e. The number of halogens is 1. The summed E-state index contributed by atoms with van der Waals surface area (Å²) in [4.78, 5) is 23.6. The zero-order chi connectivity index (χ0) is 17.3. The summed E-state index contributed by atoms with van der Waals surface area (Å²) in [6.07, 6.45) is 0. The van der Waals surface area contributed by atoms with Crippen LogP contribution in [0.3, 0.4) is 0 Å². The minimum atomic E-state index is -1.25. The number of aliphatic carboxylic acids is 2. The van der Waals surface area contributed by atoms with E-state index >= 15 is 0 Å². The van der Waals surface area contributed by atoms with Crippen LogP contribution in [-0.2, 0) is 9.59 Å². The maximum Gasteiger partial charge on any atom is 0.312 e. The Kier molecular flexibility index (Phi) is 4.46. The third-order valence-electron chi connectivity index (χ3n) is 3.73. The van der Waals surface area contributed by atoms with Gasteiger partial charge in [0.25, 0.3) is 0 Å². The first-order valence-electron chi connectivity index (χ1n) is 6.90. The molecule has 2 atom stereocenters. The van der Waals surface area contributed by atoms with Crippen molar-refractivity contribution in [2.45, 2.75) is 11.8 Å². The minimum absolute atomic E-state index is 0.366. The average Bonchev–Trinajstić information content (AvgIpc) is 3.00. The van der Waals surface area contributed by atoms with E-state index in [1.54, 1.807) is 30.3 Å². The molecule has 0 amide bonds. The first-order valence-corrected chi connectivity index (χ1v) is 8.01. The molecule has 0 saturated heterocycles. The molecular formula is C16H11ClN2O4S. The molecule has 122 valence electrons. The van der Waals surface area contributed by atoms with Crippen LogP contribution in [0.15, 0.2) is 42.5 Å². The zero-order valence-corrected chi connectivity index (χ0v) is 13.7. The van der Waals surface area contributed by atoms with Gasteiger partial charge in [0.2, 0.25) is 0 Å². The maximum atomic E-state index is 11.8. The second-order valence-electron chi connectivity index (χ2n) is 5.20. The van der Waals surface area contributed by atoms with E-state index in [0.29, 0.717) is 27.2 Å². The van der Waals surface area contributed by atoms with Crippen molar-refractivity contribution in [1.82, 2.24) is 8.75 Å². The van der Waals surface area contributed by atoms with E-state index in [2.05, 4.69) is 8.75 Å². The third kappa shape index (κ3) is 3.08. The third-order valence-corrected chi connectivity index (χ3v) is 4.54. The highest BCUT2D eigenvalue weighted by atomic mass is 35.5. The second-order valence-corrected chi connectivity index (χ2v) is 6.16. The largest absolute Gasteiger partial charge is 0.481 e. The van der Waals surface area contributed by atoms with Gasteiger partial charge in [0, 0.05) is 5.02 Å². The van der Waals surface area contributed by atoms with Crippen LogP contribution in [-0.4, -0.2) is 30.9 Å². The first-order chi connectivity index (χ1) is 11.5. The average molecular weight is 363 g/mol. The number of rotatable bonds is 5. The molecule has 0 aliphatic rings. The van der Waals surface area contributed by atoms with Crippen LogP contribution in [0.25, 0.3) is 11.0 Å². The summed E-state index contributed by atoms with van der Waals surface area (Å²) in [7, 11) is 0. The lowest BCUT2D eigenvalue weighted by Crippen LogP contribution is -2.26. The summed E-state index contributed by atoms with van der Waals surface area (Å²) in [6, 6.07) is 10.9. The van der Waals surface area contributed by atoms with Gasteiger partial charge in [-0.15, -0.1) is 0 Å². The van der Waals surface area contributed by atoms with Gasteiger partial charge in [-0.3, -0.25) is 9.59 Å². The van der Waals surface area contributed by atoms with Crippen LogP contribution < -0.4 is 0 Å². The number of fused-ring (bicyclic) bond motifs is 1. The normalized spacial score (nSPS) is 13.5. The molecule has 6 nitrogen and oxygen atoms in total. The maximum absolute atomic E-state index is 11.8. The Hall–Kier alpha value is -2.51. The Balaban J connectivity index is 2.11. The molecule has 0 aliphatic heterocycles. The number of carbonyl (C=O) groups is 2. The Bertz CT molecular complexity index is 910. The highest BCUT2D eigenvalue weighted by molar-refractivity contribution is 7.00. The zero-order valence-electron chi connectivity index (χ0n) is 12.1. The second kappa shape index (κ2) is 6.54. The molecule has 2 N–H and O–H groups in total. The quantitative estimate of drug-likeness (QED) is 0.721. The van der Waals surface area contributed by atoms with E-state index in [1.165, 1.54) is 12.1 Å². The van der Waals surface area contributed by atoms with Crippen molar-refractivity contribution >= 4 is 46.3 Å². The van der Waals surface area contributed by atoms with Gasteiger partial charge in [-0.05, 0) is 35.4 Å². The summed E-state index contributed by atoms with van der Waals surface area (Å²) in [6.45, 7) is 0. The molecular weight excluding hydrogens is 352 g/mol. The van der Waals surface area contributed by atoms with E-state index in [1.807, 2.05) is 0 Å². The molecule has 3 aromatic rings. The molecule has 0 fully saturated rings. The Morgan fingerprint density at radius 1 is 0.875 bits per heavy atom. The van der Waals surface area contributed by atoms with Crippen LogP contribution in [0.4, 0.5) is 0 Å². The van der Waals surface area contributed by atoms with Gasteiger partial charge in [0.05, 0.1) is 23.6 Å².